The van der Waals surface area contributed by atoms with E-state index in [0.29, 0.717) is 17.4 Å². The molecule has 1 amide bonds. The van der Waals surface area contributed by atoms with Gasteiger partial charge in [0.25, 0.3) is 0 Å². The van der Waals surface area contributed by atoms with Gasteiger partial charge in [-0.1, -0.05) is 185 Å². The molecule has 8 nitrogen and oxygen atoms in total. The number of hydrogen-bond donors (Lipinski definition) is 3. The fourth-order valence-electron chi connectivity index (χ4n) is 6.43. The molecule has 0 heterocycles. The molecule has 0 fully saturated rings. The SMILES string of the molecule is CCCCC/C=C/CC/C=C/CC/C=C/C(O)C(COP(=O)(O)OCC[N+](C)(C)C)NC(=O)CCCCCCCCCCCCCCCCCCCCCC. The maximum Gasteiger partial charge on any atom is 0.472 e. The normalized spacial score (nSPS) is 14.7. The lowest BCUT2D eigenvalue weighted by Gasteiger charge is -2.25. The summed E-state index contributed by atoms with van der Waals surface area (Å²) < 4.78 is 23.5. The first-order chi connectivity index (χ1) is 26.5. The molecule has 0 aromatic rings. The van der Waals surface area contributed by atoms with Gasteiger partial charge in [-0.05, 0) is 44.9 Å². The highest BCUT2D eigenvalue weighted by atomic mass is 31.2. The Morgan fingerprint density at radius 1 is 0.600 bits per heavy atom. The lowest BCUT2D eigenvalue weighted by Crippen LogP contribution is -2.45. The van der Waals surface area contributed by atoms with E-state index in [2.05, 4.69) is 43.5 Å². The molecule has 9 heteroatoms. The van der Waals surface area contributed by atoms with Crippen molar-refractivity contribution >= 4 is 13.7 Å². The van der Waals surface area contributed by atoms with Crippen molar-refractivity contribution in [1.82, 2.24) is 5.32 Å². The second-order valence-corrected chi connectivity index (χ2v) is 18.2. The van der Waals surface area contributed by atoms with E-state index in [1.807, 2.05) is 27.2 Å². The van der Waals surface area contributed by atoms with Crippen molar-refractivity contribution in [1.29, 1.82) is 0 Å². The largest absolute Gasteiger partial charge is 0.472 e. The molecule has 0 bridgehead atoms. The minimum absolute atomic E-state index is 0.0545. The van der Waals surface area contributed by atoms with Crippen LogP contribution in [0.5, 0.6) is 0 Å². The Labute approximate surface area is 340 Å². The lowest BCUT2D eigenvalue weighted by molar-refractivity contribution is -0.870. The molecule has 0 aromatic heterocycles. The van der Waals surface area contributed by atoms with Gasteiger partial charge >= 0.3 is 7.82 Å². The molecule has 0 aromatic carbocycles. The number of aliphatic hydroxyl groups is 1. The second-order valence-electron chi connectivity index (χ2n) is 16.8. The maximum absolute atomic E-state index is 12.9. The van der Waals surface area contributed by atoms with Crippen LogP contribution in [-0.2, 0) is 18.4 Å². The number of aliphatic hydroxyl groups excluding tert-OH is 1. The summed E-state index contributed by atoms with van der Waals surface area (Å²) in [5.41, 5.74) is 0. The molecule has 0 saturated heterocycles. The third-order valence-electron chi connectivity index (χ3n) is 10.1. The predicted octanol–water partition coefficient (Wildman–Crippen LogP) is 12.7. The number of likely N-dealkylation sites (N-methyl/N-ethyl adjacent to an activating group) is 1. The van der Waals surface area contributed by atoms with Gasteiger partial charge in [-0.3, -0.25) is 13.8 Å². The van der Waals surface area contributed by atoms with Crippen LogP contribution in [0.1, 0.15) is 200 Å². The van der Waals surface area contributed by atoms with E-state index in [9.17, 15) is 19.4 Å². The number of phosphoric ester groups is 1. The average Bonchev–Trinajstić information content (AvgIpc) is 3.13. The molecular weight excluding hydrogens is 707 g/mol. The molecule has 3 N–H and O–H groups in total. The first kappa shape index (κ1) is 53.7. The van der Waals surface area contributed by atoms with Crippen molar-refractivity contribution in [2.24, 2.45) is 0 Å². The quantitative estimate of drug-likeness (QED) is 0.0246. The number of rotatable bonds is 41. The van der Waals surface area contributed by atoms with Gasteiger partial charge in [0.2, 0.25) is 5.91 Å². The van der Waals surface area contributed by atoms with Crippen LogP contribution < -0.4 is 5.32 Å². The van der Waals surface area contributed by atoms with Crippen molar-refractivity contribution in [2.75, 3.05) is 40.9 Å². The second kappa shape index (κ2) is 38.2. The van der Waals surface area contributed by atoms with Gasteiger partial charge in [-0.2, -0.15) is 0 Å². The van der Waals surface area contributed by atoms with Crippen LogP contribution in [0.25, 0.3) is 0 Å². The summed E-state index contributed by atoms with van der Waals surface area (Å²) in [4.78, 5) is 23.1. The van der Waals surface area contributed by atoms with Crippen LogP contribution in [0.2, 0.25) is 0 Å². The van der Waals surface area contributed by atoms with E-state index in [1.165, 1.54) is 128 Å². The van der Waals surface area contributed by atoms with E-state index in [1.54, 1.807) is 6.08 Å². The predicted molar refractivity (Wildman–Crippen MR) is 235 cm³/mol. The number of unbranched alkanes of at least 4 members (excludes halogenated alkanes) is 24. The first-order valence-electron chi connectivity index (χ1n) is 22.9. The van der Waals surface area contributed by atoms with Gasteiger partial charge in [-0.15, -0.1) is 0 Å². The number of nitrogens with zero attached hydrogens (tertiary/aromatic N) is 1. The number of amides is 1. The van der Waals surface area contributed by atoms with Crippen LogP contribution in [0, 0.1) is 0 Å². The summed E-state index contributed by atoms with van der Waals surface area (Å²) in [5.74, 6) is -0.190. The molecular formula is C46H90N2O6P+. The monoisotopic (exact) mass is 798 g/mol. The summed E-state index contributed by atoms with van der Waals surface area (Å²) >= 11 is 0. The van der Waals surface area contributed by atoms with Crippen molar-refractivity contribution in [3.8, 4) is 0 Å². The van der Waals surface area contributed by atoms with E-state index < -0.39 is 20.0 Å². The van der Waals surface area contributed by atoms with Crippen molar-refractivity contribution in [3.05, 3.63) is 36.5 Å². The van der Waals surface area contributed by atoms with Gasteiger partial charge in [0, 0.05) is 6.42 Å². The van der Waals surface area contributed by atoms with E-state index >= 15 is 0 Å². The Bertz CT molecular complexity index is 995. The number of allylic oxidation sites excluding steroid dienone is 5. The number of carbonyl (C=O) groups is 1. The fraction of sp³-hybridized carbons (Fsp3) is 0.848. The zero-order valence-corrected chi connectivity index (χ0v) is 37.6. The molecule has 0 rings (SSSR count). The topological polar surface area (TPSA) is 105 Å². The Kier molecular flexibility index (Phi) is 37.4. The third-order valence-corrected chi connectivity index (χ3v) is 11.1. The van der Waals surface area contributed by atoms with Crippen molar-refractivity contribution in [3.63, 3.8) is 0 Å². The average molecular weight is 798 g/mol. The molecule has 0 radical (unpaired) electrons. The molecule has 0 spiro atoms. The summed E-state index contributed by atoms with van der Waals surface area (Å²) in [6.07, 6.45) is 46.5. The zero-order valence-electron chi connectivity index (χ0n) is 36.7. The minimum atomic E-state index is -4.34. The Balaban J connectivity index is 4.37. The highest BCUT2D eigenvalue weighted by Gasteiger charge is 2.27. The van der Waals surface area contributed by atoms with Crippen molar-refractivity contribution < 1.29 is 32.9 Å². The molecule has 3 unspecified atom stereocenters. The molecule has 324 valence electrons. The summed E-state index contributed by atoms with van der Waals surface area (Å²) in [7, 11) is 1.55. The van der Waals surface area contributed by atoms with Gasteiger partial charge in [0.05, 0.1) is 39.9 Å². The van der Waals surface area contributed by atoms with Crippen LogP contribution in [0.15, 0.2) is 36.5 Å². The molecule has 0 saturated carbocycles. The lowest BCUT2D eigenvalue weighted by atomic mass is 10.0. The maximum atomic E-state index is 12.9. The molecule has 0 aliphatic rings. The smallest absolute Gasteiger partial charge is 0.387 e. The standard InChI is InChI=1S/C46H89N2O6P/c1-6-8-10-12-14-16-18-20-21-22-23-24-25-26-28-30-32-34-36-38-40-46(50)47-44(43-54-55(51,52)53-42-41-48(3,4)5)45(49)39-37-35-33-31-29-27-19-17-15-13-11-9-7-2/h15,17,29,31,37,39,44-45,49H,6-14,16,18-28,30,32-36,38,40-43H2,1-5H3,(H-,47,50,51,52)/p+1/b17-15+,31-29+,39-37+. The number of hydrogen-bond acceptors (Lipinski definition) is 5. The minimum Gasteiger partial charge on any atom is -0.387 e. The van der Waals surface area contributed by atoms with Gasteiger partial charge < -0.3 is 19.8 Å². The number of nitrogens with one attached hydrogen (secondary N) is 1. The van der Waals surface area contributed by atoms with Gasteiger partial charge in [-0.25, -0.2) is 4.57 Å². The Hall–Kier alpha value is -1.28. The van der Waals surface area contributed by atoms with Crippen molar-refractivity contribution in [2.45, 2.75) is 212 Å². The van der Waals surface area contributed by atoms with E-state index in [-0.39, 0.29) is 19.1 Å². The molecule has 0 aliphatic carbocycles. The Morgan fingerprint density at radius 2 is 1.00 bits per heavy atom. The van der Waals surface area contributed by atoms with Crippen LogP contribution >= 0.6 is 7.82 Å². The zero-order chi connectivity index (χ0) is 40.7. The number of quaternary nitrogens is 1. The van der Waals surface area contributed by atoms with Crippen LogP contribution in [-0.4, -0.2) is 73.4 Å². The summed E-state index contributed by atoms with van der Waals surface area (Å²) in [6.45, 7) is 4.76. The van der Waals surface area contributed by atoms with E-state index in [0.717, 1.165) is 51.4 Å². The fourth-order valence-corrected chi connectivity index (χ4v) is 7.16. The molecule has 0 aliphatic heterocycles. The van der Waals surface area contributed by atoms with E-state index in [4.69, 9.17) is 9.05 Å². The summed E-state index contributed by atoms with van der Waals surface area (Å²) in [6, 6.07) is -0.865. The highest BCUT2D eigenvalue weighted by molar-refractivity contribution is 7.47. The number of carbonyl (C=O) groups excluding carboxylic acids is 1. The van der Waals surface area contributed by atoms with Gasteiger partial charge in [0.15, 0.2) is 0 Å². The number of phosphoric acid groups is 1. The highest BCUT2D eigenvalue weighted by Crippen LogP contribution is 2.43. The van der Waals surface area contributed by atoms with Gasteiger partial charge in [0.1, 0.15) is 13.2 Å². The van der Waals surface area contributed by atoms with Crippen LogP contribution in [0.4, 0.5) is 0 Å². The molecule has 55 heavy (non-hydrogen) atoms. The Morgan fingerprint density at radius 3 is 1.45 bits per heavy atom. The van der Waals surface area contributed by atoms with Crippen LogP contribution in [0.3, 0.4) is 0 Å². The molecule has 3 atom stereocenters. The summed E-state index contributed by atoms with van der Waals surface area (Å²) in [5, 5.41) is 13.8. The first-order valence-corrected chi connectivity index (χ1v) is 24.4. The third kappa shape index (κ3) is 40.7.